The fourth-order valence-electron chi connectivity index (χ4n) is 2.09. The molecule has 134 valence electrons. The van der Waals surface area contributed by atoms with Gasteiger partial charge in [-0.05, 0) is 42.0 Å². The summed E-state index contributed by atoms with van der Waals surface area (Å²) in [6.07, 6.45) is 0. The molecule has 0 aromatic heterocycles. The molecule has 0 radical (unpaired) electrons. The first kappa shape index (κ1) is 19.6. The number of halogens is 4. The van der Waals surface area contributed by atoms with Crippen molar-refractivity contribution in [1.82, 2.24) is 4.90 Å². The number of sulfone groups is 1. The molecule has 0 aliphatic carbocycles. The van der Waals surface area contributed by atoms with E-state index in [1.807, 2.05) is 0 Å². The number of carbonyl (C=O) groups is 1. The molecule has 0 fully saturated rings. The van der Waals surface area contributed by atoms with Gasteiger partial charge in [-0.15, -0.1) is 0 Å². The maximum Gasteiger partial charge on any atom is 0.341 e. The third kappa shape index (κ3) is 4.48. The highest BCUT2D eigenvalue weighted by Gasteiger charge is 2.26. The van der Waals surface area contributed by atoms with Gasteiger partial charge in [-0.25, -0.2) is 8.42 Å². The smallest absolute Gasteiger partial charge is 0.337 e. The molecule has 0 saturated carbocycles. The summed E-state index contributed by atoms with van der Waals surface area (Å²) in [5.74, 6) is -3.92. The molecule has 0 aliphatic heterocycles. The second-order valence-electron chi connectivity index (χ2n) is 5.23. The SMILES string of the molecule is CN(Cc1ccc(Cl)cc1Cl)C(=O)c1ccc(S(=O)(=O)C(F)F)cc1. The largest absolute Gasteiger partial charge is 0.341 e. The summed E-state index contributed by atoms with van der Waals surface area (Å²) < 4.78 is 47.8. The fraction of sp³-hybridized carbons (Fsp3) is 0.188. The van der Waals surface area contributed by atoms with Crippen LogP contribution >= 0.6 is 23.2 Å². The Balaban J connectivity index is 2.17. The average Bonchev–Trinajstić information content (AvgIpc) is 2.56. The molecule has 2 aromatic carbocycles. The minimum Gasteiger partial charge on any atom is -0.337 e. The normalized spacial score (nSPS) is 11.6. The number of hydrogen-bond acceptors (Lipinski definition) is 3. The van der Waals surface area contributed by atoms with E-state index < -0.39 is 26.4 Å². The Morgan fingerprint density at radius 3 is 2.24 bits per heavy atom. The first-order chi connectivity index (χ1) is 11.6. The second kappa shape index (κ2) is 7.68. The van der Waals surface area contributed by atoms with Crippen molar-refractivity contribution in [3.63, 3.8) is 0 Å². The van der Waals surface area contributed by atoms with E-state index in [9.17, 15) is 22.0 Å². The summed E-state index contributed by atoms with van der Waals surface area (Å²) in [7, 11) is -3.15. The lowest BCUT2D eigenvalue weighted by Gasteiger charge is -2.18. The molecular formula is C16H13Cl2F2NO3S. The molecule has 0 bridgehead atoms. The van der Waals surface area contributed by atoms with E-state index in [2.05, 4.69) is 0 Å². The molecule has 2 aromatic rings. The maximum atomic E-state index is 12.5. The van der Waals surface area contributed by atoms with Crippen LogP contribution in [-0.2, 0) is 16.4 Å². The Labute approximate surface area is 153 Å². The number of alkyl halides is 2. The van der Waals surface area contributed by atoms with Gasteiger partial charge in [-0.3, -0.25) is 4.79 Å². The van der Waals surface area contributed by atoms with Gasteiger partial charge in [0.2, 0.25) is 9.84 Å². The molecule has 0 N–H and O–H groups in total. The number of amides is 1. The van der Waals surface area contributed by atoms with E-state index in [0.717, 1.165) is 12.1 Å². The molecule has 0 saturated heterocycles. The molecule has 1 amide bonds. The lowest BCUT2D eigenvalue weighted by atomic mass is 10.1. The van der Waals surface area contributed by atoms with Crippen LogP contribution in [-0.4, -0.2) is 32.0 Å². The van der Waals surface area contributed by atoms with Gasteiger partial charge in [-0.2, -0.15) is 8.78 Å². The Bertz CT molecular complexity index is 887. The third-order valence-corrected chi connectivity index (χ3v) is 5.42. The van der Waals surface area contributed by atoms with Crippen LogP contribution in [0.15, 0.2) is 47.4 Å². The minimum absolute atomic E-state index is 0.167. The minimum atomic E-state index is -4.69. The van der Waals surface area contributed by atoms with Crippen molar-refractivity contribution in [2.24, 2.45) is 0 Å². The number of nitrogens with zero attached hydrogens (tertiary/aromatic N) is 1. The van der Waals surface area contributed by atoms with Crippen LogP contribution in [0.4, 0.5) is 8.78 Å². The lowest BCUT2D eigenvalue weighted by molar-refractivity contribution is 0.0785. The van der Waals surface area contributed by atoms with Crippen LogP contribution in [0.5, 0.6) is 0 Å². The highest BCUT2D eigenvalue weighted by atomic mass is 35.5. The molecule has 2 rings (SSSR count). The first-order valence-electron chi connectivity index (χ1n) is 6.94. The number of carbonyl (C=O) groups excluding carboxylic acids is 1. The molecule has 25 heavy (non-hydrogen) atoms. The molecule has 0 heterocycles. The van der Waals surface area contributed by atoms with Crippen LogP contribution in [0.1, 0.15) is 15.9 Å². The van der Waals surface area contributed by atoms with Crippen LogP contribution in [0.2, 0.25) is 10.0 Å². The van der Waals surface area contributed by atoms with Gasteiger partial charge < -0.3 is 4.90 Å². The molecule has 4 nitrogen and oxygen atoms in total. The zero-order chi connectivity index (χ0) is 18.8. The van der Waals surface area contributed by atoms with Crippen molar-refractivity contribution in [3.05, 3.63) is 63.6 Å². The molecule has 0 atom stereocenters. The van der Waals surface area contributed by atoms with Crippen LogP contribution < -0.4 is 0 Å². The topological polar surface area (TPSA) is 54.5 Å². The summed E-state index contributed by atoms with van der Waals surface area (Å²) in [5, 5.41) is 0.879. The van der Waals surface area contributed by atoms with E-state index in [4.69, 9.17) is 23.2 Å². The van der Waals surface area contributed by atoms with Gasteiger partial charge >= 0.3 is 5.76 Å². The van der Waals surface area contributed by atoms with Gasteiger partial charge in [0, 0.05) is 29.2 Å². The molecule has 0 aliphatic rings. The monoisotopic (exact) mass is 407 g/mol. The van der Waals surface area contributed by atoms with Gasteiger partial charge in [-0.1, -0.05) is 29.3 Å². The third-order valence-electron chi connectivity index (χ3n) is 3.43. The van der Waals surface area contributed by atoms with Crippen molar-refractivity contribution < 1.29 is 22.0 Å². The van der Waals surface area contributed by atoms with Crippen molar-refractivity contribution >= 4 is 38.9 Å². The highest BCUT2D eigenvalue weighted by Crippen LogP contribution is 2.23. The molecule has 0 spiro atoms. The predicted octanol–water partition coefficient (Wildman–Crippen LogP) is 4.26. The standard InChI is InChI=1S/C16H13Cl2F2NO3S/c1-21(9-11-2-5-12(17)8-14(11)18)15(22)10-3-6-13(7-4-10)25(23,24)16(19)20/h2-8,16H,9H2,1H3. The van der Waals surface area contributed by atoms with E-state index in [-0.39, 0.29) is 12.1 Å². The van der Waals surface area contributed by atoms with Crippen molar-refractivity contribution in [2.75, 3.05) is 7.05 Å². The summed E-state index contributed by atoms with van der Waals surface area (Å²) in [5.41, 5.74) is 0.847. The number of rotatable bonds is 5. The highest BCUT2D eigenvalue weighted by molar-refractivity contribution is 7.91. The van der Waals surface area contributed by atoms with E-state index in [0.29, 0.717) is 15.6 Å². The van der Waals surface area contributed by atoms with E-state index in [1.54, 1.807) is 18.2 Å². The quantitative estimate of drug-likeness (QED) is 0.743. The van der Waals surface area contributed by atoms with Crippen molar-refractivity contribution in [1.29, 1.82) is 0 Å². The summed E-state index contributed by atoms with van der Waals surface area (Å²) in [6, 6.07) is 9.24. The van der Waals surface area contributed by atoms with Gasteiger partial charge in [0.05, 0.1) is 4.90 Å². The maximum absolute atomic E-state index is 12.5. The van der Waals surface area contributed by atoms with Crippen LogP contribution in [0.25, 0.3) is 0 Å². The lowest BCUT2D eigenvalue weighted by Crippen LogP contribution is -2.26. The van der Waals surface area contributed by atoms with E-state index in [1.165, 1.54) is 24.1 Å². The summed E-state index contributed by atoms with van der Waals surface area (Å²) in [6.45, 7) is 0.200. The molecular weight excluding hydrogens is 395 g/mol. The first-order valence-corrected chi connectivity index (χ1v) is 9.24. The zero-order valence-corrected chi connectivity index (χ0v) is 15.2. The van der Waals surface area contributed by atoms with Crippen LogP contribution in [0.3, 0.4) is 0 Å². The Morgan fingerprint density at radius 1 is 1.12 bits per heavy atom. The Hall–Kier alpha value is -1.70. The Kier molecular flexibility index (Phi) is 6.03. The van der Waals surface area contributed by atoms with Crippen LogP contribution in [0, 0.1) is 0 Å². The number of hydrogen-bond donors (Lipinski definition) is 0. The predicted molar refractivity (Wildman–Crippen MR) is 91.9 cm³/mol. The summed E-state index contributed by atoms with van der Waals surface area (Å²) in [4.78, 5) is 13.2. The molecule has 0 unspecified atom stereocenters. The van der Waals surface area contributed by atoms with Gasteiger partial charge in [0.15, 0.2) is 0 Å². The van der Waals surface area contributed by atoms with Gasteiger partial charge in [0.1, 0.15) is 0 Å². The van der Waals surface area contributed by atoms with Crippen molar-refractivity contribution in [2.45, 2.75) is 17.2 Å². The zero-order valence-electron chi connectivity index (χ0n) is 12.9. The average molecular weight is 408 g/mol. The Morgan fingerprint density at radius 2 is 1.72 bits per heavy atom. The summed E-state index contributed by atoms with van der Waals surface area (Å²) >= 11 is 11.9. The molecule has 9 heteroatoms. The fourth-order valence-corrected chi connectivity index (χ4v) is 3.28. The van der Waals surface area contributed by atoms with Gasteiger partial charge in [0.25, 0.3) is 5.91 Å². The number of benzene rings is 2. The van der Waals surface area contributed by atoms with E-state index >= 15 is 0 Å². The van der Waals surface area contributed by atoms with Crippen molar-refractivity contribution in [3.8, 4) is 0 Å². The second-order valence-corrected chi connectivity index (χ2v) is 7.99.